The molecule has 0 N–H and O–H groups in total. The fourth-order valence-electron chi connectivity index (χ4n) is 2.27. The van der Waals surface area contributed by atoms with Gasteiger partial charge in [0.25, 0.3) is 0 Å². The maximum absolute atomic E-state index is 4.19. The van der Waals surface area contributed by atoms with Crippen LogP contribution in [-0.4, -0.2) is 18.1 Å². The van der Waals surface area contributed by atoms with Gasteiger partial charge >= 0.3 is 0 Å². The molecule has 0 aliphatic carbocycles. The quantitative estimate of drug-likeness (QED) is 0.772. The third-order valence-electron chi connectivity index (χ3n) is 2.99. The SMILES string of the molecule is CCCN(CCC)c1cccc2cnccc12. The summed E-state index contributed by atoms with van der Waals surface area (Å²) in [6.07, 6.45) is 6.18. The van der Waals surface area contributed by atoms with E-state index in [2.05, 4.69) is 48.0 Å². The first-order chi connectivity index (χ1) is 8.36. The summed E-state index contributed by atoms with van der Waals surface area (Å²) >= 11 is 0. The number of fused-ring (bicyclic) bond motifs is 1. The van der Waals surface area contributed by atoms with E-state index in [4.69, 9.17) is 0 Å². The first-order valence-corrected chi connectivity index (χ1v) is 6.44. The summed E-state index contributed by atoms with van der Waals surface area (Å²) < 4.78 is 0. The standard InChI is InChI=1S/C15H20N2/c1-3-10-17(11-4-2)15-7-5-6-13-12-16-9-8-14(13)15/h5-9,12H,3-4,10-11H2,1-2H3. The van der Waals surface area contributed by atoms with Crippen molar-refractivity contribution in [1.82, 2.24) is 4.98 Å². The van der Waals surface area contributed by atoms with Crippen LogP contribution in [0, 0.1) is 0 Å². The van der Waals surface area contributed by atoms with E-state index in [1.807, 2.05) is 12.4 Å². The van der Waals surface area contributed by atoms with Crippen molar-refractivity contribution in [1.29, 1.82) is 0 Å². The van der Waals surface area contributed by atoms with Crippen molar-refractivity contribution in [2.75, 3.05) is 18.0 Å². The number of pyridine rings is 1. The van der Waals surface area contributed by atoms with Gasteiger partial charge in [0.05, 0.1) is 0 Å². The summed E-state index contributed by atoms with van der Waals surface area (Å²) in [4.78, 5) is 6.66. The van der Waals surface area contributed by atoms with Gasteiger partial charge in [-0.1, -0.05) is 26.0 Å². The largest absolute Gasteiger partial charge is 0.371 e. The zero-order valence-electron chi connectivity index (χ0n) is 10.7. The zero-order valence-corrected chi connectivity index (χ0v) is 10.7. The van der Waals surface area contributed by atoms with Crippen molar-refractivity contribution in [2.24, 2.45) is 0 Å². The maximum atomic E-state index is 4.19. The van der Waals surface area contributed by atoms with Crippen molar-refractivity contribution < 1.29 is 0 Å². The van der Waals surface area contributed by atoms with Crippen LogP contribution < -0.4 is 4.90 Å². The Balaban J connectivity index is 2.44. The van der Waals surface area contributed by atoms with Gasteiger partial charge in [-0.3, -0.25) is 4.98 Å². The third kappa shape index (κ3) is 2.57. The number of hydrogen-bond donors (Lipinski definition) is 0. The normalized spacial score (nSPS) is 10.7. The molecule has 0 bridgehead atoms. The molecule has 2 nitrogen and oxygen atoms in total. The van der Waals surface area contributed by atoms with Gasteiger partial charge in [-0.25, -0.2) is 0 Å². The molecular weight excluding hydrogens is 208 g/mol. The van der Waals surface area contributed by atoms with Crippen LogP contribution >= 0.6 is 0 Å². The molecule has 0 aliphatic rings. The fraction of sp³-hybridized carbons (Fsp3) is 0.400. The molecule has 0 spiro atoms. The third-order valence-corrected chi connectivity index (χ3v) is 2.99. The van der Waals surface area contributed by atoms with E-state index in [9.17, 15) is 0 Å². The lowest BCUT2D eigenvalue weighted by Crippen LogP contribution is -2.24. The number of nitrogens with zero attached hydrogens (tertiary/aromatic N) is 2. The lowest BCUT2D eigenvalue weighted by atomic mass is 10.1. The average molecular weight is 228 g/mol. The second kappa shape index (κ2) is 5.67. The number of rotatable bonds is 5. The Labute approximate surface area is 103 Å². The Morgan fingerprint density at radius 3 is 2.53 bits per heavy atom. The van der Waals surface area contributed by atoms with Crippen LogP contribution in [0.5, 0.6) is 0 Å². The number of hydrogen-bond acceptors (Lipinski definition) is 2. The highest BCUT2D eigenvalue weighted by atomic mass is 15.1. The second-order valence-corrected chi connectivity index (χ2v) is 4.36. The van der Waals surface area contributed by atoms with Gasteiger partial charge in [-0.05, 0) is 25.0 Å². The van der Waals surface area contributed by atoms with Crippen molar-refractivity contribution in [3.8, 4) is 0 Å². The van der Waals surface area contributed by atoms with Gasteiger partial charge in [0.1, 0.15) is 0 Å². The number of aromatic nitrogens is 1. The Morgan fingerprint density at radius 2 is 1.82 bits per heavy atom. The minimum absolute atomic E-state index is 1.12. The van der Waals surface area contributed by atoms with Gasteiger partial charge < -0.3 is 4.90 Å². The smallest absolute Gasteiger partial charge is 0.0447 e. The zero-order chi connectivity index (χ0) is 12.1. The first-order valence-electron chi connectivity index (χ1n) is 6.44. The summed E-state index contributed by atoms with van der Waals surface area (Å²) in [5.74, 6) is 0. The molecule has 0 unspecified atom stereocenters. The molecule has 90 valence electrons. The van der Waals surface area contributed by atoms with Crippen LogP contribution in [0.2, 0.25) is 0 Å². The van der Waals surface area contributed by atoms with Crippen LogP contribution in [0.25, 0.3) is 10.8 Å². The molecule has 1 aromatic carbocycles. The monoisotopic (exact) mass is 228 g/mol. The molecule has 17 heavy (non-hydrogen) atoms. The van der Waals surface area contributed by atoms with E-state index in [-0.39, 0.29) is 0 Å². The molecule has 0 fully saturated rings. The predicted molar refractivity (Wildman–Crippen MR) is 74.5 cm³/mol. The van der Waals surface area contributed by atoms with Crippen LogP contribution in [-0.2, 0) is 0 Å². The minimum atomic E-state index is 1.12. The number of benzene rings is 1. The van der Waals surface area contributed by atoms with Crippen molar-refractivity contribution in [3.63, 3.8) is 0 Å². The maximum Gasteiger partial charge on any atom is 0.0447 e. The Morgan fingerprint density at radius 1 is 1.06 bits per heavy atom. The molecule has 0 saturated carbocycles. The van der Waals surface area contributed by atoms with Gasteiger partial charge in [0.2, 0.25) is 0 Å². The summed E-state index contributed by atoms with van der Waals surface area (Å²) in [5.41, 5.74) is 1.34. The van der Waals surface area contributed by atoms with E-state index in [1.165, 1.54) is 29.3 Å². The van der Waals surface area contributed by atoms with Gasteiger partial charge in [-0.15, -0.1) is 0 Å². The minimum Gasteiger partial charge on any atom is -0.371 e. The van der Waals surface area contributed by atoms with Crippen LogP contribution in [0.3, 0.4) is 0 Å². The van der Waals surface area contributed by atoms with Gasteiger partial charge in [-0.2, -0.15) is 0 Å². The first kappa shape index (κ1) is 11.9. The van der Waals surface area contributed by atoms with Crippen LogP contribution in [0.15, 0.2) is 36.7 Å². The molecule has 0 radical (unpaired) electrons. The van der Waals surface area contributed by atoms with Gasteiger partial charge in [0.15, 0.2) is 0 Å². The Bertz CT molecular complexity index is 468. The van der Waals surface area contributed by atoms with E-state index < -0.39 is 0 Å². The van der Waals surface area contributed by atoms with E-state index >= 15 is 0 Å². The highest BCUT2D eigenvalue weighted by molar-refractivity contribution is 5.93. The topological polar surface area (TPSA) is 16.1 Å². The lowest BCUT2D eigenvalue weighted by Gasteiger charge is -2.25. The molecule has 2 rings (SSSR count). The van der Waals surface area contributed by atoms with Crippen molar-refractivity contribution in [3.05, 3.63) is 36.7 Å². The second-order valence-electron chi connectivity index (χ2n) is 4.36. The molecule has 1 aromatic heterocycles. The molecule has 2 heteroatoms. The summed E-state index contributed by atoms with van der Waals surface area (Å²) in [6.45, 7) is 6.70. The van der Waals surface area contributed by atoms with E-state index in [0.717, 1.165) is 13.1 Å². The Hall–Kier alpha value is -1.57. The number of anilines is 1. The van der Waals surface area contributed by atoms with Gasteiger partial charge in [0, 0.05) is 41.9 Å². The highest BCUT2D eigenvalue weighted by Crippen LogP contribution is 2.26. The molecule has 0 saturated heterocycles. The summed E-state index contributed by atoms with van der Waals surface area (Å²) in [7, 11) is 0. The van der Waals surface area contributed by atoms with E-state index in [1.54, 1.807) is 0 Å². The summed E-state index contributed by atoms with van der Waals surface area (Å²) in [6, 6.07) is 8.58. The van der Waals surface area contributed by atoms with Crippen LogP contribution in [0.4, 0.5) is 5.69 Å². The lowest BCUT2D eigenvalue weighted by molar-refractivity contribution is 0.747. The molecule has 1 heterocycles. The van der Waals surface area contributed by atoms with E-state index in [0.29, 0.717) is 0 Å². The highest BCUT2D eigenvalue weighted by Gasteiger charge is 2.07. The molecule has 0 amide bonds. The fourth-order valence-corrected chi connectivity index (χ4v) is 2.27. The summed E-state index contributed by atoms with van der Waals surface area (Å²) in [5, 5.41) is 2.53. The molecular formula is C15H20N2. The van der Waals surface area contributed by atoms with Crippen molar-refractivity contribution >= 4 is 16.5 Å². The molecule has 0 aliphatic heterocycles. The van der Waals surface area contributed by atoms with Crippen molar-refractivity contribution in [2.45, 2.75) is 26.7 Å². The molecule has 2 aromatic rings. The molecule has 0 atom stereocenters. The van der Waals surface area contributed by atoms with Crippen LogP contribution in [0.1, 0.15) is 26.7 Å². The predicted octanol–water partition coefficient (Wildman–Crippen LogP) is 3.86. The Kier molecular flexibility index (Phi) is 3.97. The average Bonchev–Trinajstić information content (AvgIpc) is 2.38.